The second-order valence-corrected chi connectivity index (χ2v) is 7.25. The standard InChI is InChI=1S/C22H19N3O4S/c1-27-18-10-7-17(8-11-18)23-20(26)14-30-22-25-24-21(29-22)13-28-19-9-6-15-4-2-3-5-16(15)12-19/h2-12H,13-14H2,1H3,(H,23,26). The van der Waals surface area contributed by atoms with Crippen LogP contribution in [-0.4, -0.2) is 29.0 Å². The molecule has 0 fully saturated rings. The first kappa shape index (κ1) is 19.8. The van der Waals surface area contributed by atoms with Gasteiger partial charge in [0.05, 0.1) is 12.9 Å². The van der Waals surface area contributed by atoms with Crippen LogP contribution in [0.1, 0.15) is 5.89 Å². The van der Waals surface area contributed by atoms with Gasteiger partial charge in [-0.3, -0.25) is 4.79 Å². The zero-order valence-corrected chi connectivity index (χ0v) is 17.0. The number of thioether (sulfide) groups is 1. The highest BCUT2D eigenvalue weighted by molar-refractivity contribution is 7.99. The number of rotatable bonds is 8. The summed E-state index contributed by atoms with van der Waals surface area (Å²) in [6.45, 7) is 0.157. The fraction of sp³-hybridized carbons (Fsp3) is 0.136. The molecule has 0 saturated heterocycles. The Hall–Kier alpha value is -3.52. The second-order valence-electron chi connectivity index (χ2n) is 6.32. The summed E-state index contributed by atoms with van der Waals surface area (Å²) >= 11 is 1.17. The molecule has 1 amide bonds. The molecule has 7 nitrogen and oxygen atoms in total. The number of carbonyl (C=O) groups is 1. The minimum Gasteiger partial charge on any atom is -0.497 e. The number of anilines is 1. The minimum atomic E-state index is -0.169. The molecule has 0 aliphatic carbocycles. The molecule has 4 rings (SSSR count). The van der Waals surface area contributed by atoms with Crippen LogP contribution in [0.5, 0.6) is 11.5 Å². The van der Waals surface area contributed by atoms with E-state index in [0.29, 0.717) is 16.8 Å². The topological polar surface area (TPSA) is 86.5 Å². The Labute approximate surface area is 177 Å². The molecular formula is C22H19N3O4S. The number of hydrogen-bond donors (Lipinski definition) is 1. The predicted octanol–water partition coefficient (Wildman–Crippen LogP) is 4.54. The number of fused-ring (bicyclic) bond motifs is 1. The lowest BCUT2D eigenvalue weighted by molar-refractivity contribution is -0.113. The van der Waals surface area contributed by atoms with E-state index in [9.17, 15) is 4.79 Å². The maximum atomic E-state index is 12.1. The van der Waals surface area contributed by atoms with E-state index in [1.54, 1.807) is 31.4 Å². The molecule has 1 heterocycles. The van der Waals surface area contributed by atoms with Gasteiger partial charge in [0.15, 0.2) is 6.61 Å². The summed E-state index contributed by atoms with van der Waals surface area (Å²) in [5.74, 6) is 1.78. The summed E-state index contributed by atoms with van der Waals surface area (Å²) < 4.78 is 16.4. The first-order valence-electron chi connectivity index (χ1n) is 9.20. The number of nitrogens with zero attached hydrogens (tertiary/aromatic N) is 2. The molecule has 0 aliphatic rings. The Kier molecular flexibility index (Phi) is 6.14. The molecule has 0 bridgehead atoms. The van der Waals surface area contributed by atoms with Crippen LogP contribution in [-0.2, 0) is 11.4 Å². The maximum Gasteiger partial charge on any atom is 0.277 e. The highest BCUT2D eigenvalue weighted by Gasteiger charge is 2.11. The summed E-state index contributed by atoms with van der Waals surface area (Å²) in [6.07, 6.45) is 0. The van der Waals surface area contributed by atoms with Gasteiger partial charge in [0.2, 0.25) is 5.91 Å². The zero-order chi connectivity index (χ0) is 20.8. The number of aromatic nitrogens is 2. The van der Waals surface area contributed by atoms with Crippen LogP contribution in [0.2, 0.25) is 0 Å². The van der Waals surface area contributed by atoms with Crippen LogP contribution in [0, 0.1) is 0 Å². The van der Waals surface area contributed by atoms with Crippen molar-refractivity contribution in [2.24, 2.45) is 0 Å². The number of nitrogens with one attached hydrogen (secondary N) is 1. The molecule has 1 N–H and O–H groups in total. The quantitative estimate of drug-likeness (QED) is 0.418. The molecule has 4 aromatic rings. The maximum absolute atomic E-state index is 12.1. The molecule has 30 heavy (non-hydrogen) atoms. The van der Waals surface area contributed by atoms with Crippen molar-refractivity contribution in [2.75, 3.05) is 18.2 Å². The van der Waals surface area contributed by atoms with E-state index in [1.165, 1.54) is 11.8 Å². The number of methoxy groups -OCH3 is 1. The highest BCUT2D eigenvalue weighted by Crippen LogP contribution is 2.22. The van der Waals surface area contributed by atoms with Crippen LogP contribution in [0.25, 0.3) is 10.8 Å². The van der Waals surface area contributed by atoms with Gasteiger partial charge >= 0.3 is 0 Å². The van der Waals surface area contributed by atoms with Crippen molar-refractivity contribution >= 4 is 34.1 Å². The Morgan fingerprint density at radius 2 is 1.77 bits per heavy atom. The van der Waals surface area contributed by atoms with Gasteiger partial charge in [0.1, 0.15) is 11.5 Å². The fourth-order valence-electron chi connectivity index (χ4n) is 2.76. The molecule has 0 radical (unpaired) electrons. The van der Waals surface area contributed by atoms with E-state index < -0.39 is 0 Å². The van der Waals surface area contributed by atoms with E-state index >= 15 is 0 Å². The van der Waals surface area contributed by atoms with E-state index in [2.05, 4.69) is 15.5 Å². The number of ether oxygens (including phenoxy) is 2. The summed E-state index contributed by atoms with van der Waals surface area (Å²) in [6, 6.07) is 21.0. The fourth-order valence-corrected chi connectivity index (χ4v) is 3.34. The van der Waals surface area contributed by atoms with Gasteiger partial charge in [-0.15, -0.1) is 10.2 Å². The Bertz CT molecular complexity index is 1140. The third-order valence-corrected chi connectivity index (χ3v) is 5.05. The second kappa shape index (κ2) is 9.32. The van der Waals surface area contributed by atoms with Crippen LogP contribution >= 0.6 is 11.8 Å². The molecule has 1 aromatic heterocycles. The monoisotopic (exact) mass is 421 g/mol. The first-order chi connectivity index (χ1) is 14.7. The summed E-state index contributed by atoms with van der Waals surface area (Å²) in [5, 5.41) is 13.3. The Morgan fingerprint density at radius 1 is 1.00 bits per heavy atom. The largest absolute Gasteiger partial charge is 0.497 e. The van der Waals surface area contributed by atoms with Crippen molar-refractivity contribution < 1.29 is 18.7 Å². The van der Waals surface area contributed by atoms with Crippen molar-refractivity contribution in [1.29, 1.82) is 0 Å². The smallest absolute Gasteiger partial charge is 0.277 e. The SMILES string of the molecule is COc1ccc(NC(=O)CSc2nnc(COc3ccc4ccccc4c3)o2)cc1. The van der Waals surface area contributed by atoms with E-state index in [-0.39, 0.29) is 18.3 Å². The van der Waals surface area contributed by atoms with Crippen molar-refractivity contribution in [3.8, 4) is 11.5 Å². The Balaban J connectivity index is 1.26. The summed E-state index contributed by atoms with van der Waals surface area (Å²) in [5.41, 5.74) is 0.691. The van der Waals surface area contributed by atoms with Crippen LogP contribution in [0.15, 0.2) is 76.4 Å². The average Bonchev–Trinajstić information content (AvgIpc) is 3.24. The summed E-state index contributed by atoms with van der Waals surface area (Å²) in [7, 11) is 1.59. The number of hydrogen-bond acceptors (Lipinski definition) is 7. The molecule has 3 aromatic carbocycles. The van der Waals surface area contributed by atoms with Gasteiger partial charge in [-0.2, -0.15) is 0 Å². The first-order valence-corrected chi connectivity index (χ1v) is 10.2. The van der Waals surface area contributed by atoms with Crippen molar-refractivity contribution in [1.82, 2.24) is 10.2 Å². The molecule has 0 unspecified atom stereocenters. The normalized spacial score (nSPS) is 10.7. The lowest BCUT2D eigenvalue weighted by Gasteiger charge is -2.05. The molecule has 0 aliphatic heterocycles. The third kappa shape index (κ3) is 5.09. The van der Waals surface area contributed by atoms with Gasteiger partial charge in [0, 0.05) is 5.69 Å². The summed E-state index contributed by atoms with van der Waals surface area (Å²) in [4.78, 5) is 12.1. The molecule has 0 atom stereocenters. The van der Waals surface area contributed by atoms with Gasteiger partial charge in [-0.05, 0) is 47.2 Å². The van der Waals surface area contributed by atoms with Crippen LogP contribution < -0.4 is 14.8 Å². The van der Waals surface area contributed by atoms with Crippen LogP contribution in [0.4, 0.5) is 5.69 Å². The van der Waals surface area contributed by atoms with Gasteiger partial charge in [-0.25, -0.2) is 0 Å². The lowest BCUT2D eigenvalue weighted by Crippen LogP contribution is -2.13. The molecular weight excluding hydrogens is 402 g/mol. The zero-order valence-electron chi connectivity index (χ0n) is 16.2. The van der Waals surface area contributed by atoms with Crippen molar-refractivity contribution in [3.63, 3.8) is 0 Å². The Morgan fingerprint density at radius 3 is 2.57 bits per heavy atom. The highest BCUT2D eigenvalue weighted by atomic mass is 32.2. The molecule has 0 saturated carbocycles. The lowest BCUT2D eigenvalue weighted by atomic mass is 10.1. The van der Waals surface area contributed by atoms with Crippen molar-refractivity contribution in [3.05, 3.63) is 72.6 Å². The van der Waals surface area contributed by atoms with E-state index in [1.807, 2.05) is 42.5 Å². The van der Waals surface area contributed by atoms with Gasteiger partial charge < -0.3 is 19.2 Å². The number of amides is 1. The number of benzene rings is 3. The average molecular weight is 421 g/mol. The van der Waals surface area contributed by atoms with Crippen LogP contribution in [0.3, 0.4) is 0 Å². The third-order valence-electron chi connectivity index (χ3n) is 4.23. The van der Waals surface area contributed by atoms with Gasteiger partial charge in [0.25, 0.3) is 11.1 Å². The predicted molar refractivity (Wildman–Crippen MR) is 115 cm³/mol. The molecule has 8 heteroatoms. The minimum absolute atomic E-state index is 0.152. The van der Waals surface area contributed by atoms with Gasteiger partial charge in [-0.1, -0.05) is 42.1 Å². The molecule has 152 valence electrons. The van der Waals surface area contributed by atoms with Crippen molar-refractivity contribution in [2.45, 2.75) is 11.8 Å². The molecule has 0 spiro atoms. The number of carbonyl (C=O) groups excluding carboxylic acids is 1. The van der Waals surface area contributed by atoms with E-state index in [0.717, 1.165) is 22.3 Å². The van der Waals surface area contributed by atoms with E-state index in [4.69, 9.17) is 13.9 Å².